The van der Waals surface area contributed by atoms with Crippen molar-refractivity contribution in [3.8, 4) is 0 Å². The minimum atomic E-state index is -0.369. The van der Waals surface area contributed by atoms with Gasteiger partial charge < -0.3 is 10.0 Å². The first-order chi connectivity index (χ1) is 8.97. The summed E-state index contributed by atoms with van der Waals surface area (Å²) in [7, 11) is 0. The SMILES string of the molecule is CC(C)(C)C(O)c1cc2c3c(c1)CCCN3CCC2. The summed E-state index contributed by atoms with van der Waals surface area (Å²) >= 11 is 0. The largest absolute Gasteiger partial charge is 0.388 e. The Balaban J connectivity index is 2.06. The van der Waals surface area contributed by atoms with Crippen molar-refractivity contribution in [2.75, 3.05) is 18.0 Å². The fraction of sp³-hybridized carbons (Fsp3) is 0.647. The highest BCUT2D eigenvalue weighted by molar-refractivity contribution is 5.64. The van der Waals surface area contributed by atoms with E-state index in [0.717, 1.165) is 5.56 Å². The lowest BCUT2D eigenvalue weighted by Crippen LogP contribution is -2.34. The summed E-state index contributed by atoms with van der Waals surface area (Å²) in [6, 6.07) is 4.51. The molecule has 3 rings (SSSR count). The molecule has 0 aromatic heterocycles. The van der Waals surface area contributed by atoms with Crippen molar-refractivity contribution in [1.29, 1.82) is 0 Å². The number of aliphatic hydroxyl groups excluding tert-OH is 1. The van der Waals surface area contributed by atoms with Crippen LogP contribution in [0, 0.1) is 5.41 Å². The summed E-state index contributed by atoms with van der Waals surface area (Å²) in [5, 5.41) is 10.5. The highest BCUT2D eigenvalue weighted by Gasteiger charge is 2.29. The molecule has 1 atom stereocenters. The molecular formula is C17H25NO. The van der Waals surface area contributed by atoms with Crippen molar-refractivity contribution in [3.63, 3.8) is 0 Å². The molecule has 2 aliphatic heterocycles. The van der Waals surface area contributed by atoms with E-state index in [1.54, 1.807) is 0 Å². The predicted octanol–water partition coefficient (Wildman–Crippen LogP) is 3.46. The van der Waals surface area contributed by atoms with Crippen LogP contribution in [0.25, 0.3) is 0 Å². The molecule has 0 saturated heterocycles. The van der Waals surface area contributed by atoms with Gasteiger partial charge in [0.1, 0.15) is 0 Å². The van der Waals surface area contributed by atoms with Crippen molar-refractivity contribution < 1.29 is 5.11 Å². The third-order valence-corrected chi connectivity index (χ3v) is 4.49. The van der Waals surface area contributed by atoms with Gasteiger partial charge in [-0.25, -0.2) is 0 Å². The molecule has 0 spiro atoms. The van der Waals surface area contributed by atoms with Crippen LogP contribution < -0.4 is 4.90 Å². The maximum Gasteiger partial charge on any atom is 0.0838 e. The van der Waals surface area contributed by atoms with E-state index in [4.69, 9.17) is 0 Å². The van der Waals surface area contributed by atoms with Crippen LogP contribution in [0.5, 0.6) is 0 Å². The van der Waals surface area contributed by atoms with Crippen LogP contribution in [-0.4, -0.2) is 18.2 Å². The quantitative estimate of drug-likeness (QED) is 0.835. The van der Waals surface area contributed by atoms with Crippen molar-refractivity contribution in [2.45, 2.75) is 52.6 Å². The van der Waals surface area contributed by atoms with E-state index >= 15 is 0 Å². The fourth-order valence-electron chi connectivity index (χ4n) is 3.49. The van der Waals surface area contributed by atoms with Gasteiger partial charge in [-0.15, -0.1) is 0 Å². The van der Waals surface area contributed by atoms with Crippen LogP contribution in [0.1, 0.15) is 56.4 Å². The van der Waals surface area contributed by atoms with Gasteiger partial charge in [0.15, 0.2) is 0 Å². The Morgan fingerprint density at radius 3 is 2.05 bits per heavy atom. The highest BCUT2D eigenvalue weighted by atomic mass is 16.3. The van der Waals surface area contributed by atoms with E-state index in [-0.39, 0.29) is 11.5 Å². The summed E-state index contributed by atoms with van der Waals surface area (Å²) < 4.78 is 0. The molecule has 0 saturated carbocycles. The zero-order valence-electron chi connectivity index (χ0n) is 12.4. The van der Waals surface area contributed by atoms with Gasteiger partial charge in [0.25, 0.3) is 0 Å². The van der Waals surface area contributed by atoms with Crippen LogP contribution in [0.15, 0.2) is 12.1 Å². The smallest absolute Gasteiger partial charge is 0.0838 e. The topological polar surface area (TPSA) is 23.5 Å². The molecular weight excluding hydrogens is 234 g/mol. The van der Waals surface area contributed by atoms with E-state index in [9.17, 15) is 5.11 Å². The number of hydrogen-bond acceptors (Lipinski definition) is 2. The highest BCUT2D eigenvalue weighted by Crippen LogP contribution is 2.40. The first-order valence-corrected chi connectivity index (χ1v) is 7.55. The van der Waals surface area contributed by atoms with Crippen LogP contribution in [0.2, 0.25) is 0 Å². The maximum atomic E-state index is 10.5. The Morgan fingerprint density at radius 1 is 1.05 bits per heavy atom. The molecule has 2 heteroatoms. The molecule has 1 unspecified atom stereocenters. The lowest BCUT2D eigenvalue weighted by atomic mass is 9.81. The molecule has 0 bridgehead atoms. The van der Waals surface area contributed by atoms with E-state index in [1.807, 2.05) is 0 Å². The molecule has 0 amide bonds. The van der Waals surface area contributed by atoms with Gasteiger partial charge in [-0.05, 0) is 47.8 Å². The van der Waals surface area contributed by atoms with Gasteiger partial charge in [-0.1, -0.05) is 32.9 Å². The van der Waals surface area contributed by atoms with Gasteiger partial charge in [0.2, 0.25) is 0 Å². The van der Waals surface area contributed by atoms with Crippen molar-refractivity contribution in [1.82, 2.24) is 0 Å². The maximum absolute atomic E-state index is 10.5. The second-order valence-corrected chi connectivity index (χ2v) is 7.15. The number of nitrogens with zero attached hydrogens (tertiary/aromatic N) is 1. The summed E-state index contributed by atoms with van der Waals surface area (Å²) in [6.45, 7) is 8.74. The van der Waals surface area contributed by atoms with Crippen LogP contribution in [0.4, 0.5) is 5.69 Å². The van der Waals surface area contributed by atoms with Crippen LogP contribution >= 0.6 is 0 Å². The normalized spacial score (nSPS) is 20.1. The number of rotatable bonds is 1. The molecule has 19 heavy (non-hydrogen) atoms. The Morgan fingerprint density at radius 2 is 1.58 bits per heavy atom. The van der Waals surface area contributed by atoms with E-state index in [2.05, 4.69) is 37.8 Å². The summed E-state index contributed by atoms with van der Waals surface area (Å²) in [4.78, 5) is 2.55. The van der Waals surface area contributed by atoms with Gasteiger partial charge in [0.05, 0.1) is 6.10 Å². The molecule has 0 fully saturated rings. The summed E-state index contributed by atoms with van der Waals surface area (Å²) in [5.74, 6) is 0. The lowest BCUT2D eigenvalue weighted by molar-refractivity contribution is 0.0625. The third-order valence-electron chi connectivity index (χ3n) is 4.49. The van der Waals surface area contributed by atoms with E-state index in [1.165, 1.54) is 55.6 Å². The molecule has 0 aliphatic carbocycles. The number of aliphatic hydroxyl groups is 1. The fourth-order valence-corrected chi connectivity index (χ4v) is 3.49. The average Bonchev–Trinajstić information content (AvgIpc) is 2.37. The van der Waals surface area contributed by atoms with E-state index in [0.29, 0.717) is 0 Å². The average molecular weight is 259 g/mol. The first kappa shape index (κ1) is 13.0. The zero-order valence-corrected chi connectivity index (χ0v) is 12.4. The van der Waals surface area contributed by atoms with Crippen molar-refractivity contribution >= 4 is 5.69 Å². The Bertz CT molecular complexity index is 456. The molecule has 0 radical (unpaired) electrons. The van der Waals surface area contributed by atoms with Crippen LogP contribution in [0.3, 0.4) is 0 Å². The predicted molar refractivity (Wildman–Crippen MR) is 79.7 cm³/mol. The summed E-state index contributed by atoms with van der Waals surface area (Å²) in [5.41, 5.74) is 5.43. The van der Waals surface area contributed by atoms with Gasteiger partial charge in [0, 0.05) is 18.8 Å². The Labute approximate surface area is 116 Å². The Hall–Kier alpha value is -1.02. The molecule has 1 N–H and O–H groups in total. The second kappa shape index (κ2) is 4.52. The number of benzene rings is 1. The standard InChI is InChI=1S/C17H25NO/c1-17(2,3)16(19)14-10-12-6-4-8-18-9-5-7-13(11-14)15(12)18/h10-11,16,19H,4-9H2,1-3H3. The van der Waals surface area contributed by atoms with Gasteiger partial charge in [-0.2, -0.15) is 0 Å². The number of hydrogen-bond donors (Lipinski definition) is 1. The minimum absolute atomic E-state index is 0.0933. The molecule has 104 valence electrons. The van der Waals surface area contributed by atoms with Gasteiger partial charge >= 0.3 is 0 Å². The third kappa shape index (κ3) is 2.27. The Kier molecular flexibility index (Phi) is 3.09. The molecule has 2 heterocycles. The molecule has 2 nitrogen and oxygen atoms in total. The molecule has 2 aliphatic rings. The van der Waals surface area contributed by atoms with Gasteiger partial charge in [-0.3, -0.25) is 0 Å². The number of anilines is 1. The minimum Gasteiger partial charge on any atom is -0.388 e. The first-order valence-electron chi connectivity index (χ1n) is 7.55. The lowest BCUT2D eigenvalue weighted by Gasteiger charge is -2.38. The monoisotopic (exact) mass is 259 g/mol. The number of aryl methyl sites for hydroxylation is 2. The zero-order chi connectivity index (χ0) is 13.6. The summed E-state index contributed by atoms with van der Waals surface area (Å²) in [6.07, 6.45) is 4.47. The van der Waals surface area contributed by atoms with Crippen molar-refractivity contribution in [2.24, 2.45) is 5.41 Å². The second-order valence-electron chi connectivity index (χ2n) is 7.15. The van der Waals surface area contributed by atoms with Crippen molar-refractivity contribution in [3.05, 3.63) is 28.8 Å². The van der Waals surface area contributed by atoms with E-state index < -0.39 is 0 Å². The molecule has 1 aromatic rings. The van der Waals surface area contributed by atoms with Crippen LogP contribution in [-0.2, 0) is 12.8 Å². The molecule has 1 aromatic carbocycles.